The maximum atomic E-state index is 11.3. The first-order valence-corrected chi connectivity index (χ1v) is 6.49. The minimum atomic E-state index is -2.01. The summed E-state index contributed by atoms with van der Waals surface area (Å²) in [6, 6.07) is 0. The quantitative estimate of drug-likeness (QED) is 0.205. The van der Waals surface area contributed by atoms with Crippen LogP contribution in [-0.2, 0) is 19.2 Å². The van der Waals surface area contributed by atoms with Crippen molar-refractivity contribution in [3.8, 4) is 0 Å². The van der Waals surface area contributed by atoms with Crippen LogP contribution in [-0.4, -0.2) is 35.5 Å². The van der Waals surface area contributed by atoms with Gasteiger partial charge in [0, 0.05) is 0 Å². The average molecular weight is 273 g/mol. The average Bonchev–Trinajstić information content (AvgIpc) is 2.35. The number of ether oxygens (including phenoxy) is 1. The maximum absolute atomic E-state index is 11.3. The van der Waals surface area contributed by atoms with Crippen LogP contribution in [0.25, 0.3) is 0 Å². The van der Waals surface area contributed by atoms with E-state index in [-0.39, 0.29) is 6.61 Å². The molecule has 0 heterocycles. The predicted octanol–water partition coefficient (Wildman–Crippen LogP) is 2.37. The van der Waals surface area contributed by atoms with E-state index in [1.54, 1.807) is 13.8 Å². The number of oxime groups is 1. The second kappa shape index (κ2) is 9.49. The van der Waals surface area contributed by atoms with Gasteiger partial charge in [-0.25, -0.2) is 4.79 Å². The van der Waals surface area contributed by atoms with E-state index in [1.165, 1.54) is 0 Å². The lowest BCUT2D eigenvalue weighted by Gasteiger charge is -2.25. The summed E-state index contributed by atoms with van der Waals surface area (Å²) < 4.78 is 5.27. The van der Waals surface area contributed by atoms with E-state index in [2.05, 4.69) is 12.1 Å². The number of carboxylic acid groups (broad SMARTS) is 1. The lowest BCUT2D eigenvalue weighted by Crippen LogP contribution is -2.44. The van der Waals surface area contributed by atoms with Crippen molar-refractivity contribution in [1.82, 2.24) is 0 Å². The molecule has 0 bridgehead atoms. The maximum Gasteiger partial charge on any atom is 0.380 e. The largest absolute Gasteiger partial charge is 0.476 e. The molecule has 0 aliphatic rings. The number of hydrogen-bond acceptors (Lipinski definition) is 5. The topological polar surface area (TPSA) is 85.2 Å². The van der Waals surface area contributed by atoms with Gasteiger partial charge in [0.15, 0.2) is 0 Å². The fourth-order valence-corrected chi connectivity index (χ4v) is 1.35. The fraction of sp³-hybridized carbons (Fsp3) is 0.769. The van der Waals surface area contributed by atoms with Crippen LogP contribution in [0.4, 0.5) is 0 Å². The number of hydrogen-bond donors (Lipinski definition) is 1. The van der Waals surface area contributed by atoms with E-state index in [9.17, 15) is 14.7 Å². The Morgan fingerprint density at radius 2 is 2.00 bits per heavy atom. The second-order valence-corrected chi connectivity index (χ2v) is 4.47. The smallest absolute Gasteiger partial charge is 0.380 e. The summed E-state index contributed by atoms with van der Waals surface area (Å²) in [4.78, 5) is 26.8. The Balaban J connectivity index is 4.58. The number of carbonyl (C=O) groups excluding carboxylic acids is 1. The molecular weight excluding hydrogens is 250 g/mol. The molecule has 0 radical (unpaired) electrons. The molecule has 19 heavy (non-hydrogen) atoms. The SMILES string of the molecule is CCCCCCOC(CC=O)(ON=C(C)C)C(=O)O. The van der Waals surface area contributed by atoms with Gasteiger partial charge >= 0.3 is 11.8 Å². The van der Waals surface area contributed by atoms with Gasteiger partial charge in [-0.1, -0.05) is 31.3 Å². The zero-order valence-corrected chi connectivity index (χ0v) is 11.8. The Bertz CT molecular complexity index is 312. The predicted molar refractivity (Wildman–Crippen MR) is 71.0 cm³/mol. The molecule has 0 saturated heterocycles. The summed E-state index contributed by atoms with van der Waals surface area (Å²) in [5.41, 5.74) is 0.547. The molecule has 0 aromatic rings. The van der Waals surface area contributed by atoms with Gasteiger partial charge in [0.1, 0.15) is 6.29 Å². The van der Waals surface area contributed by atoms with Crippen molar-refractivity contribution in [2.45, 2.75) is 58.7 Å². The molecule has 0 aliphatic carbocycles. The van der Waals surface area contributed by atoms with Crippen LogP contribution in [0.1, 0.15) is 52.9 Å². The summed E-state index contributed by atoms with van der Waals surface area (Å²) in [5.74, 6) is -3.36. The first kappa shape index (κ1) is 17.6. The molecule has 1 atom stereocenters. The highest BCUT2D eigenvalue weighted by molar-refractivity contribution is 5.80. The highest BCUT2D eigenvalue weighted by atomic mass is 16.8. The Labute approximate surface area is 113 Å². The van der Waals surface area contributed by atoms with Crippen LogP contribution < -0.4 is 0 Å². The molecule has 0 fully saturated rings. The summed E-state index contributed by atoms with van der Waals surface area (Å²) in [6.45, 7) is 5.62. The van der Waals surface area contributed by atoms with Crippen LogP contribution in [0.15, 0.2) is 5.16 Å². The molecule has 0 saturated carbocycles. The van der Waals surface area contributed by atoms with Crippen molar-refractivity contribution < 1.29 is 24.3 Å². The number of carboxylic acids is 1. The molecule has 0 aromatic carbocycles. The molecule has 0 aromatic heterocycles. The third-order valence-electron chi connectivity index (χ3n) is 2.39. The first-order chi connectivity index (χ1) is 8.98. The Hall–Kier alpha value is -1.43. The Morgan fingerprint density at radius 3 is 2.47 bits per heavy atom. The molecule has 6 heteroatoms. The van der Waals surface area contributed by atoms with Crippen molar-refractivity contribution in [3.63, 3.8) is 0 Å². The van der Waals surface area contributed by atoms with Crippen molar-refractivity contribution in [3.05, 3.63) is 0 Å². The van der Waals surface area contributed by atoms with E-state index in [1.807, 2.05) is 0 Å². The van der Waals surface area contributed by atoms with Crippen LogP contribution >= 0.6 is 0 Å². The highest BCUT2D eigenvalue weighted by Crippen LogP contribution is 2.19. The zero-order chi connectivity index (χ0) is 14.7. The van der Waals surface area contributed by atoms with Crippen LogP contribution in [0, 0.1) is 0 Å². The summed E-state index contributed by atoms with van der Waals surface area (Å²) in [7, 11) is 0. The second-order valence-electron chi connectivity index (χ2n) is 4.47. The van der Waals surface area contributed by atoms with E-state index < -0.39 is 18.2 Å². The van der Waals surface area contributed by atoms with E-state index in [4.69, 9.17) is 9.57 Å². The molecule has 0 spiro atoms. The molecule has 0 rings (SSSR count). The normalized spacial score (nSPS) is 13.4. The van der Waals surface area contributed by atoms with Gasteiger partial charge in [0.05, 0.1) is 18.7 Å². The van der Waals surface area contributed by atoms with Crippen LogP contribution in [0.3, 0.4) is 0 Å². The molecule has 0 aliphatic heterocycles. The van der Waals surface area contributed by atoms with Crippen LogP contribution in [0.2, 0.25) is 0 Å². The Morgan fingerprint density at radius 1 is 1.32 bits per heavy atom. The van der Waals surface area contributed by atoms with Crippen LogP contribution in [0.5, 0.6) is 0 Å². The van der Waals surface area contributed by atoms with Gasteiger partial charge in [-0.3, -0.25) is 0 Å². The monoisotopic (exact) mass is 273 g/mol. The Kier molecular flexibility index (Phi) is 8.78. The third kappa shape index (κ3) is 6.91. The molecule has 1 N–H and O–H groups in total. The van der Waals surface area contributed by atoms with Gasteiger partial charge < -0.3 is 19.5 Å². The van der Waals surface area contributed by atoms with Crippen molar-refractivity contribution >= 4 is 18.0 Å². The van der Waals surface area contributed by atoms with Gasteiger partial charge in [-0.2, -0.15) is 0 Å². The lowest BCUT2D eigenvalue weighted by molar-refractivity contribution is -0.245. The van der Waals surface area contributed by atoms with Crippen molar-refractivity contribution in [2.75, 3.05) is 6.61 Å². The van der Waals surface area contributed by atoms with E-state index in [0.717, 1.165) is 25.7 Å². The highest BCUT2D eigenvalue weighted by Gasteiger charge is 2.43. The number of aliphatic carboxylic acids is 1. The first-order valence-electron chi connectivity index (χ1n) is 6.49. The number of nitrogens with zero attached hydrogens (tertiary/aromatic N) is 1. The van der Waals surface area contributed by atoms with E-state index in [0.29, 0.717) is 12.0 Å². The molecule has 6 nitrogen and oxygen atoms in total. The molecule has 0 amide bonds. The van der Waals surface area contributed by atoms with Crippen molar-refractivity contribution in [2.24, 2.45) is 5.16 Å². The van der Waals surface area contributed by atoms with Gasteiger partial charge in [-0.05, 0) is 20.3 Å². The minimum Gasteiger partial charge on any atom is -0.476 e. The number of carbonyl (C=O) groups is 2. The minimum absolute atomic E-state index is 0.221. The summed E-state index contributed by atoms with van der Waals surface area (Å²) in [5, 5.41) is 12.8. The number of aldehydes is 1. The molecule has 1 unspecified atom stereocenters. The summed E-state index contributed by atoms with van der Waals surface area (Å²) >= 11 is 0. The van der Waals surface area contributed by atoms with E-state index >= 15 is 0 Å². The third-order valence-corrected chi connectivity index (χ3v) is 2.39. The zero-order valence-electron chi connectivity index (χ0n) is 11.8. The van der Waals surface area contributed by atoms with Gasteiger partial charge in [0.25, 0.3) is 0 Å². The summed E-state index contributed by atoms with van der Waals surface area (Å²) in [6.07, 6.45) is 3.87. The molecule has 110 valence electrons. The van der Waals surface area contributed by atoms with Gasteiger partial charge in [-0.15, -0.1) is 0 Å². The standard InChI is InChI=1S/C13H23NO5/c1-4-5-6-7-10-18-13(8-9-15,12(16)17)19-14-11(2)3/h9H,4-8,10H2,1-3H3,(H,16,17). The van der Waals surface area contributed by atoms with Crippen molar-refractivity contribution in [1.29, 1.82) is 0 Å². The molecular formula is C13H23NO5. The number of unbranched alkanes of at least 4 members (excludes halogenated alkanes) is 3. The fourth-order valence-electron chi connectivity index (χ4n) is 1.35. The number of rotatable bonds is 11. The van der Waals surface area contributed by atoms with Gasteiger partial charge in [0.2, 0.25) is 0 Å². The lowest BCUT2D eigenvalue weighted by atomic mass is 10.2.